The van der Waals surface area contributed by atoms with Crippen molar-refractivity contribution >= 4 is 33.0 Å². The summed E-state index contributed by atoms with van der Waals surface area (Å²) in [4.78, 5) is 13.9. The van der Waals surface area contributed by atoms with Gasteiger partial charge in [-0.3, -0.25) is 9.52 Å². The van der Waals surface area contributed by atoms with Gasteiger partial charge in [0.25, 0.3) is 15.9 Å². The summed E-state index contributed by atoms with van der Waals surface area (Å²) in [5.74, 6) is -1.82. The van der Waals surface area contributed by atoms with Crippen molar-refractivity contribution in [3.8, 4) is 5.75 Å². The first-order valence-electron chi connectivity index (χ1n) is 9.77. The molecule has 33 heavy (non-hydrogen) atoms. The molecule has 7 nitrogen and oxygen atoms in total. The maximum atomic E-state index is 14.2. The summed E-state index contributed by atoms with van der Waals surface area (Å²) >= 11 is 0. The lowest BCUT2D eigenvalue weighted by atomic mass is 10.1. The summed E-state index contributed by atoms with van der Waals surface area (Å²) in [6.07, 6.45) is 0. The van der Waals surface area contributed by atoms with Crippen LogP contribution in [0, 0.1) is 18.6 Å². The van der Waals surface area contributed by atoms with E-state index in [1.807, 2.05) is 0 Å². The van der Waals surface area contributed by atoms with Gasteiger partial charge in [0.15, 0.2) is 11.6 Å². The summed E-state index contributed by atoms with van der Waals surface area (Å²) in [7, 11) is 0.484. The summed E-state index contributed by atoms with van der Waals surface area (Å²) in [6.45, 7) is 1.62. The Morgan fingerprint density at radius 3 is 2.09 bits per heavy atom. The van der Waals surface area contributed by atoms with Gasteiger partial charge in [-0.2, -0.15) is 0 Å². The first kappa shape index (κ1) is 24.0. The monoisotopic (exact) mass is 475 g/mol. The van der Waals surface area contributed by atoms with Crippen molar-refractivity contribution in [2.45, 2.75) is 11.8 Å². The quantitative estimate of drug-likeness (QED) is 0.529. The molecular formula is C23H23F2N3O4S. The van der Waals surface area contributed by atoms with Gasteiger partial charge in [-0.25, -0.2) is 17.2 Å². The van der Waals surface area contributed by atoms with E-state index < -0.39 is 27.6 Å². The molecule has 2 N–H and O–H groups in total. The molecule has 0 unspecified atom stereocenters. The highest BCUT2D eigenvalue weighted by molar-refractivity contribution is 7.92. The van der Waals surface area contributed by atoms with Crippen LogP contribution in [0.2, 0.25) is 0 Å². The number of carbonyl (C=O) groups excluding carboxylic acids is 1. The van der Waals surface area contributed by atoms with Crippen molar-refractivity contribution in [2.24, 2.45) is 0 Å². The number of ether oxygens (including phenoxy) is 1. The number of hydrogen-bond donors (Lipinski definition) is 2. The SMILES string of the molecule is COc1ccc(NS(=O)(=O)c2ccc(C)c(C(=O)Nc3cc(F)c(N(C)C)c(F)c3)c2)cc1. The zero-order chi connectivity index (χ0) is 24.3. The van der Waals surface area contributed by atoms with Crippen LogP contribution in [0.1, 0.15) is 15.9 Å². The number of aryl methyl sites for hydroxylation is 1. The van der Waals surface area contributed by atoms with Crippen molar-refractivity contribution in [3.05, 3.63) is 77.4 Å². The van der Waals surface area contributed by atoms with Crippen LogP contribution in [0.5, 0.6) is 5.75 Å². The minimum absolute atomic E-state index is 0.0464. The van der Waals surface area contributed by atoms with Gasteiger partial charge in [0.05, 0.1) is 12.0 Å². The molecular weight excluding hydrogens is 452 g/mol. The molecule has 0 saturated carbocycles. The second kappa shape index (κ2) is 9.45. The number of benzene rings is 3. The van der Waals surface area contributed by atoms with Gasteiger partial charge in [0.1, 0.15) is 11.4 Å². The Hall–Kier alpha value is -3.66. The molecule has 0 heterocycles. The topological polar surface area (TPSA) is 87.7 Å². The van der Waals surface area contributed by atoms with Gasteiger partial charge in [-0.05, 0) is 61.0 Å². The molecule has 10 heteroatoms. The number of halogens is 2. The molecule has 0 spiro atoms. The molecule has 0 aromatic heterocycles. The maximum absolute atomic E-state index is 14.2. The van der Waals surface area contributed by atoms with Crippen molar-refractivity contribution < 1.29 is 26.7 Å². The lowest BCUT2D eigenvalue weighted by Crippen LogP contribution is -2.18. The molecule has 1 amide bonds. The number of rotatable bonds is 7. The van der Waals surface area contributed by atoms with Crippen molar-refractivity contribution in [3.63, 3.8) is 0 Å². The first-order chi connectivity index (χ1) is 15.5. The van der Waals surface area contributed by atoms with Crippen LogP contribution in [0.3, 0.4) is 0 Å². The Bertz CT molecular complexity index is 1270. The van der Waals surface area contributed by atoms with Crippen molar-refractivity contribution in [1.29, 1.82) is 0 Å². The zero-order valence-electron chi connectivity index (χ0n) is 18.4. The van der Waals surface area contributed by atoms with Gasteiger partial charge in [-0.1, -0.05) is 6.07 Å². The third-order valence-corrected chi connectivity index (χ3v) is 6.21. The summed E-state index contributed by atoms with van der Waals surface area (Å²) in [6, 6.07) is 12.3. The highest BCUT2D eigenvalue weighted by Crippen LogP contribution is 2.27. The van der Waals surface area contributed by atoms with Crippen LogP contribution in [0.25, 0.3) is 0 Å². The Morgan fingerprint density at radius 2 is 1.55 bits per heavy atom. The molecule has 0 aliphatic rings. The number of nitrogens with one attached hydrogen (secondary N) is 2. The van der Waals surface area contributed by atoms with Gasteiger partial charge in [-0.15, -0.1) is 0 Å². The van der Waals surface area contributed by atoms with Gasteiger partial charge < -0.3 is 15.0 Å². The molecule has 0 aliphatic carbocycles. The van der Waals surface area contributed by atoms with Gasteiger partial charge in [0.2, 0.25) is 0 Å². The molecule has 0 radical (unpaired) electrons. The van der Waals surface area contributed by atoms with Gasteiger partial charge in [0, 0.05) is 31.0 Å². The summed E-state index contributed by atoms with van der Waals surface area (Å²) in [5.41, 5.74) is 0.521. The number of methoxy groups -OCH3 is 1. The van der Waals surface area contributed by atoms with E-state index in [1.165, 1.54) is 44.3 Å². The fourth-order valence-electron chi connectivity index (χ4n) is 3.15. The minimum Gasteiger partial charge on any atom is -0.497 e. The number of hydrogen-bond acceptors (Lipinski definition) is 5. The fraction of sp³-hybridized carbons (Fsp3) is 0.174. The number of carbonyl (C=O) groups is 1. The van der Waals surface area contributed by atoms with E-state index in [4.69, 9.17) is 4.74 Å². The van der Waals surface area contributed by atoms with E-state index in [0.717, 1.165) is 12.1 Å². The average Bonchev–Trinajstić information content (AvgIpc) is 2.73. The van der Waals surface area contributed by atoms with Crippen LogP contribution < -0.4 is 19.7 Å². The molecule has 0 saturated heterocycles. The predicted octanol–water partition coefficient (Wildman–Crippen LogP) is 4.40. The van der Waals surface area contributed by atoms with Crippen molar-refractivity contribution in [2.75, 3.05) is 36.1 Å². The number of amides is 1. The fourth-order valence-corrected chi connectivity index (χ4v) is 4.23. The second-order valence-electron chi connectivity index (χ2n) is 7.45. The first-order valence-corrected chi connectivity index (χ1v) is 11.3. The molecule has 174 valence electrons. The average molecular weight is 476 g/mol. The van der Waals surface area contributed by atoms with Crippen LogP contribution in [-0.4, -0.2) is 35.5 Å². The van der Waals surface area contributed by atoms with E-state index in [2.05, 4.69) is 10.0 Å². The minimum atomic E-state index is -4.00. The lowest BCUT2D eigenvalue weighted by molar-refractivity contribution is 0.102. The number of nitrogens with zero attached hydrogens (tertiary/aromatic N) is 1. The molecule has 0 aliphatic heterocycles. The van der Waals surface area contributed by atoms with E-state index in [9.17, 15) is 22.0 Å². The molecule has 3 rings (SSSR count). The Kier molecular flexibility index (Phi) is 6.87. The Morgan fingerprint density at radius 1 is 0.939 bits per heavy atom. The Balaban J connectivity index is 1.86. The van der Waals surface area contributed by atoms with Crippen LogP contribution >= 0.6 is 0 Å². The highest BCUT2D eigenvalue weighted by atomic mass is 32.2. The van der Waals surface area contributed by atoms with Crippen molar-refractivity contribution in [1.82, 2.24) is 0 Å². The van der Waals surface area contributed by atoms with E-state index >= 15 is 0 Å². The molecule has 3 aromatic rings. The third kappa shape index (κ3) is 5.40. The predicted molar refractivity (Wildman–Crippen MR) is 124 cm³/mol. The standard InChI is InChI=1S/C23H23F2N3O4S/c1-14-5-10-18(33(30,31)27-15-6-8-17(32-4)9-7-15)13-19(14)23(29)26-16-11-20(24)22(28(2)3)21(25)12-16/h5-13,27H,1-4H3,(H,26,29). The zero-order valence-corrected chi connectivity index (χ0v) is 19.3. The molecule has 3 aromatic carbocycles. The van der Waals surface area contributed by atoms with Gasteiger partial charge >= 0.3 is 0 Å². The third-order valence-electron chi connectivity index (χ3n) is 4.83. The van der Waals surface area contributed by atoms with Crippen LogP contribution in [0.4, 0.5) is 25.8 Å². The molecule has 0 bridgehead atoms. The van der Waals surface area contributed by atoms with E-state index in [-0.39, 0.29) is 21.8 Å². The Labute approximate surface area is 191 Å². The normalized spacial score (nSPS) is 11.1. The maximum Gasteiger partial charge on any atom is 0.261 e. The largest absolute Gasteiger partial charge is 0.497 e. The van der Waals surface area contributed by atoms with E-state index in [1.54, 1.807) is 31.2 Å². The molecule has 0 atom stereocenters. The van der Waals surface area contributed by atoms with Crippen LogP contribution in [-0.2, 0) is 10.0 Å². The lowest BCUT2D eigenvalue weighted by Gasteiger charge is -2.16. The molecule has 0 fully saturated rings. The second-order valence-corrected chi connectivity index (χ2v) is 9.13. The summed E-state index contributed by atoms with van der Waals surface area (Å²) in [5, 5.41) is 2.42. The van der Waals surface area contributed by atoms with E-state index in [0.29, 0.717) is 17.0 Å². The summed E-state index contributed by atoms with van der Waals surface area (Å²) < 4.78 is 61.6. The highest BCUT2D eigenvalue weighted by Gasteiger charge is 2.20. The smallest absolute Gasteiger partial charge is 0.261 e. The number of sulfonamides is 1. The number of anilines is 3. The van der Waals surface area contributed by atoms with Crippen LogP contribution in [0.15, 0.2) is 59.5 Å².